The topological polar surface area (TPSA) is 91.2 Å². The van der Waals surface area contributed by atoms with Crippen molar-refractivity contribution in [2.75, 3.05) is 13.1 Å². The number of nitrogens with zero attached hydrogens (tertiary/aromatic N) is 3. The zero-order valence-electron chi connectivity index (χ0n) is 14.9. The summed E-state index contributed by atoms with van der Waals surface area (Å²) in [5.74, 6) is -0.574. The van der Waals surface area contributed by atoms with Gasteiger partial charge in [-0.1, -0.05) is 35.6 Å². The third-order valence-electron chi connectivity index (χ3n) is 4.22. The summed E-state index contributed by atoms with van der Waals surface area (Å²) in [4.78, 5) is 12.0. The smallest absolute Gasteiger partial charge is 0.264 e. The molecule has 0 aromatic heterocycles. The minimum atomic E-state index is -3.91. The van der Waals surface area contributed by atoms with Gasteiger partial charge in [0, 0.05) is 13.1 Å². The second-order valence-corrected chi connectivity index (χ2v) is 8.07. The molecule has 0 bridgehead atoms. The number of amides is 1. The molecule has 2 aromatic carbocycles. The molecule has 1 aliphatic rings. The maximum absolute atomic E-state index is 12.4. The van der Waals surface area contributed by atoms with E-state index in [4.69, 9.17) is 0 Å². The SMILES string of the molecule is O=C(Cc1ccccc1)NS(=O)(=O)c1ccc(N=NN2CCCCC2)cc1. The van der Waals surface area contributed by atoms with Crippen molar-refractivity contribution in [3.05, 3.63) is 60.2 Å². The molecule has 2 aromatic rings. The fourth-order valence-electron chi connectivity index (χ4n) is 2.80. The highest BCUT2D eigenvalue weighted by Crippen LogP contribution is 2.18. The van der Waals surface area contributed by atoms with Crippen LogP contribution in [0.4, 0.5) is 5.69 Å². The molecule has 1 aliphatic heterocycles. The highest BCUT2D eigenvalue weighted by molar-refractivity contribution is 7.90. The molecule has 0 saturated carbocycles. The molecule has 1 amide bonds. The number of nitrogens with one attached hydrogen (secondary N) is 1. The van der Waals surface area contributed by atoms with Crippen molar-refractivity contribution < 1.29 is 13.2 Å². The van der Waals surface area contributed by atoms with Crippen molar-refractivity contribution >= 4 is 21.6 Å². The lowest BCUT2D eigenvalue weighted by Crippen LogP contribution is -2.31. The molecule has 0 radical (unpaired) electrons. The van der Waals surface area contributed by atoms with Gasteiger partial charge in [0.05, 0.1) is 17.0 Å². The Morgan fingerprint density at radius 3 is 2.30 bits per heavy atom. The molecule has 8 heteroatoms. The van der Waals surface area contributed by atoms with E-state index in [0.29, 0.717) is 5.69 Å². The molecule has 142 valence electrons. The van der Waals surface area contributed by atoms with Crippen LogP contribution in [-0.2, 0) is 21.2 Å². The highest BCUT2D eigenvalue weighted by Gasteiger charge is 2.17. The number of hydrogen-bond donors (Lipinski definition) is 1. The summed E-state index contributed by atoms with van der Waals surface area (Å²) in [6.45, 7) is 1.78. The molecule has 27 heavy (non-hydrogen) atoms. The van der Waals surface area contributed by atoms with E-state index in [-0.39, 0.29) is 11.3 Å². The van der Waals surface area contributed by atoms with E-state index in [2.05, 4.69) is 15.1 Å². The second-order valence-electron chi connectivity index (χ2n) is 6.39. The average molecular weight is 386 g/mol. The maximum atomic E-state index is 12.4. The Balaban J connectivity index is 1.61. The maximum Gasteiger partial charge on any atom is 0.264 e. The molecule has 1 fully saturated rings. The number of carbonyl (C=O) groups excluding carboxylic acids is 1. The molecule has 0 atom stereocenters. The number of rotatable bonds is 6. The van der Waals surface area contributed by atoms with Crippen molar-refractivity contribution in [3.63, 3.8) is 0 Å². The summed E-state index contributed by atoms with van der Waals surface area (Å²) >= 11 is 0. The van der Waals surface area contributed by atoms with E-state index in [9.17, 15) is 13.2 Å². The lowest BCUT2D eigenvalue weighted by Gasteiger charge is -2.21. The minimum absolute atomic E-state index is 0.00218. The Kier molecular flexibility index (Phi) is 6.18. The minimum Gasteiger partial charge on any atom is -0.278 e. The third kappa shape index (κ3) is 5.62. The number of sulfonamides is 1. The predicted molar refractivity (Wildman–Crippen MR) is 102 cm³/mol. The summed E-state index contributed by atoms with van der Waals surface area (Å²) in [5.41, 5.74) is 1.31. The van der Waals surface area contributed by atoms with Gasteiger partial charge in [-0.25, -0.2) is 13.1 Å². The zero-order valence-corrected chi connectivity index (χ0v) is 15.7. The molecule has 3 rings (SSSR count). The summed E-state index contributed by atoms with van der Waals surface area (Å²) in [6.07, 6.45) is 3.44. The van der Waals surface area contributed by atoms with Crippen LogP contribution in [0.3, 0.4) is 0 Å². The van der Waals surface area contributed by atoms with E-state index in [1.165, 1.54) is 18.6 Å². The summed E-state index contributed by atoms with van der Waals surface area (Å²) in [6, 6.07) is 15.0. The molecular formula is C19H22N4O3S. The van der Waals surface area contributed by atoms with E-state index in [0.717, 1.165) is 31.5 Å². The number of carbonyl (C=O) groups is 1. The van der Waals surface area contributed by atoms with Crippen LogP contribution in [0.5, 0.6) is 0 Å². The van der Waals surface area contributed by atoms with Crippen molar-refractivity contribution in [2.45, 2.75) is 30.6 Å². The van der Waals surface area contributed by atoms with Gasteiger partial charge in [-0.15, -0.1) is 5.11 Å². The highest BCUT2D eigenvalue weighted by atomic mass is 32.2. The van der Waals surface area contributed by atoms with Gasteiger partial charge in [0.1, 0.15) is 0 Å². The molecule has 7 nitrogen and oxygen atoms in total. The van der Waals surface area contributed by atoms with Crippen molar-refractivity contribution in [2.24, 2.45) is 10.3 Å². The van der Waals surface area contributed by atoms with Crippen LogP contribution < -0.4 is 4.72 Å². The van der Waals surface area contributed by atoms with E-state index < -0.39 is 15.9 Å². The van der Waals surface area contributed by atoms with E-state index in [1.807, 2.05) is 11.1 Å². The monoisotopic (exact) mass is 386 g/mol. The second kappa shape index (κ2) is 8.77. The molecule has 0 spiro atoms. The van der Waals surface area contributed by atoms with Gasteiger partial charge in [0.25, 0.3) is 10.0 Å². The van der Waals surface area contributed by atoms with Crippen LogP contribution in [0.15, 0.2) is 69.8 Å². The molecule has 1 heterocycles. The summed E-state index contributed by atoms with van der Waals surface area (Å²) < 4.78 is 26.8. The van der Waals surface area contributed by atoms with Crippen molar-refractivity contribution in [1.29, 1.82) is 0 Å². The van der Waals surface area contributed by atoms with Crippen LogP contribution in [0.2, 0.25) is 0 Å². The first-order valence-corrected chi connectivity index (χ1v) is 10.4. The molecule has 0 unspecified atom stereocenters. The number of piperidine rings is 1. The van der Waals surface area contributed by atoms with Crippen LogP contribution in [0.25, 0.3) is 0 Å². The molecular weight excluding hydrogens is 364 g/mol. The van der Waals surface area contributed by atoms with E-state index in [1.54, 1.807) is 36.4 Å². The lowest BCUT2D eigenvalue weighted by atomic mass is 10.1. The first kappa shape index (κ1) is 19.0. The quantitative estimate of drug-likeness (QED) is 0.772. The Hall–Kier alpha value is -2.74. The van der Waals surface area contributed by atoms with Gasteiger partial charge >= 0.3 is 0 Å². The lowest BCUT2D eigenvalue weighted by molar-refractivity contribution is -0.118. The van der Waals surface area contributed by atoms with Gasteiger partial charge in [-0.2, -0.15) is 0 Å². The first-order valence-electron chi connectivity index (χ1n) is 8.89. The predicted octanol–water partition coefficient (Wildman–Crippen LogP) is 3.22. The van der Waals surface area contributed by atoms with Crippen molar-refractivity contribution in [1.82, 2.24) is 9.73 Å². The molecule has 1 saturated heterocycles. The summed E-state index contributed by atoms with van der Waals surface area (Å²) in [7, 11) is -3.91. The van der Waals surface area contributed by atoms with Gasteiger partial charge in [0.2, 0.25) is 5.91 Å². The third-order valence-corrected chi connectivity index (χ3v) is 5.61. The zero-order chi connectivity index (χ0) is 19.1. The Bertz CT molecular complexity index is 890. The first-order chi connectivity index (χ1) is 13.0. The fraction of sp³-hybridized carbons (Fsp3) is 0.316. The van der Waals surface area contributed by atoms with Crippen LogP contribution in [0, 0.1) is 0 Å². The van der Waals surface area contributed by atoms with Crippen LogP contribution in [-0.4, -0.2) is 32.4 Å². The van der Waals surface area contributed by atoms with E-state index >= 15 is 0 Å². The number of benzene rings is 2. The van der Waals surface area contributed by atoms with Gasteiger partial charge in [-0.3, -0.25) is 9.80 Å². The van der Waals surface area contributed by atoms with Gasteiger partial charge < -0.3 is 0 Å². The standard InChI is InChI=1S/C19H22N4O3S/c24-19(15-16-7-3-1-4-8-16)21-27(25,26)18-11-9-17(10-12-18)20-22-23-13-5-2-6-14-23/h1,3-4,7-12H,2,5-6,13-15H2,(H,21,24). The Morgan fingerprint density at radius 2 is 1.63 bits per heavy atom. The van der Waals surface area contributed by atoms with Gasteiger partial charge in [-0.05, 0) is 49.1 Å². The molecule has 1 N–H and O–H groups in total. The Morgan fingerprint density at radius 1 is 0.963 bits per heavy atom. The van der Waals surface area contributed by atoms with Crippen LogP contribution in [0.1, 0.15) is 24.8 Å². The van der Waals surface area contributed by atoms with Gasteiger partial charge in [0.15, 0.2) is 0 Å². The fourth-order valence-corrected chi connectivity index (χ4v) is 3.78. The van der Waals surface area contributed by atoms with Crippen molar-refractivity contribution in [3.8, 4) is 0 Å². The Labute approximate surface area is 159 Å². The number of hydrogen-bond acceptors (Lipinski definition) is 5. The summed E-state index contributed by atoms with van der Waals surface area (Å²) in [5, 5.41) is 10.2. The molecule has 0 aliphatic carbocycles. The average Bonchev–Trinajstić information content (AvgIpc) is 2.68. The van der Waals surface area contributed by atoms with Crippen LogP contribution >= 0.6 is 0 Å². The normalized spacial score (nSPS) is 15.0. The largest absolute Gasteiger partial charge is 0.278 e.